The van der Waals surface area contributed by atoms with Crippen LogP contribution >= 0.6 is 0 Å². The molecule has 2 rings (SSSR count). The Morgan fingerprint density at radius 1 is 1.08 bits per heavy atom. The minimum atomic E-state index is -0.289. The van der Waals surface area contributed by atoms with E-state index in [0.717, 1.165) is 5.56 Å². The fourth-order valence-corrected chi connectivity index (χ4v) is 1.27. The van der Waals surface area contributed by atoms with Crippen LogP contribution in [0.2, 0.25) is 0 Å². The van der Waals surface area contributed by atoms with Gasteiger partial charge >= 0.3 is 0 Å². The zero-order chi connectivity index (χ0) is 9.26. The Morgan fingerprint density at radius 3 is 2.31 bits per heavy atom. The van der Waals surface area contributed by atoms with Crippen LogP contribution in [0.1, 0.15) is 5.56 Å². The van der Waals surface area contributed by atoms with Gasteiger partial charge in [0.1, 0.15) is 5.82 Å². The standard InChI is InChI=1S/C11H7FO/c12-9-6-4-8(5-7-9)10-2-1-3-11(10)13/h1-7H. The molecule has 0 radical (unpaired) electrons. The molecule has 0 spiro atoms. The number of benzene rings is 1. The first kappa shape index (κ1) is 7.92. The highest BCUT2D eigenvalue weighted by Gasteiger charge is 2.11. The molecular formula is C11H7FO. The smallest absolute Gasteiger partial charge is 0.186 e. The Hall–Kier alpha value is -1.70. The van der Waals surface area contributed by atoms with Gasteiger partial charge in [0, 0.05) is 5.57 Å². The van der Waals surface area contributed by atoms with Crippen LogP contribution in [-0.4, -0.2) is 5.78 Å². The minimum Gasteiger partial charge on any atom is -0.289 e. The van der Waals surface area contributed by atoms with Crippen LogP contribution in [-0.2, 0) is 4.79 Å². The van der Waals surface area contributed by atoms with E-state index >= 15 is 0 Å². The van der Waals surface area contributed by atoms with Crippen molar-refractivity contribution in [3.05, 3.63) is 53.9 Å². The molecule has 64 valence electrons. The van der Waals surface area contributed by atoms with Crippen LogP contribution in [0.3, 0.4) is 0 Å². The van der Waals surface area contributed by atoms with E-state index < -0.39 is 0 Å². The van der Waals surface area contributed by atoms with E-state index in [9.17, 15) is 9.18 Å². The highest BCUT2D eigenvalue weighted by Crippen LogP contribution is 2.20. The molecular weight excluding hydrogens is 167 g/mol. The summed E-state index contributed by atoms with van der Waals surface area (Å²) in [5, 5.41) is 0. The SMILES string of the molecule is O=C1C=CC=C1c1ccc(F)cc1. The first-order valence-electron chi connectivity index (χ1n) is 3.96. The van der Waals surface area contributed by atoms with Gasteiger partial charge < -0.3 is 0 Å². The molecule has 1 nitrogen and oxygen atoms in total. The van der Waals surface area contributed by atoms with E-state index in [4.69, 9.17) is 0 Å². The first-order valence-corrected chi connectivity index (χ1v) is 3.96. The Bertz CT molecular complexity index is 399. The summed E-state index contributed by atoms with van der Waals surface area (Å²) in [5.41, 5.74) is 1.39. The van der Waals surface area contributed by atoms with Crippen molar-refractivity contribution in [2.45, 2.75) is 0 Å². The van der Waals surface area contributed by atoms with Gasteiger partial charge in [-0.15, -0.1) is 0 Å². The molecule has 0 amide bonds. The lowest BCUT2D eigenvalue weighted by molar-refractivity contribution is -0.109. The normalized spacial score (nSPS) is 14.8. The van der Waals surface area contributed by atoms with Gasteiger partial charge in [0.25, 0.3) is 0 Å². The number of allylic oxidation sites excluding steroid dienone is 4. The van der Waals surface area contributed by atoms with Crippen LogP contribution in [0, 0.1) is 5.82 Å². The first-order chi connectivity index (χ1) is 6.27. The van der Waals surface area contributed by atoms with Gasteiger partial charge in [-0.1, -0.05) is 24.3 Å². The molecule has 1 aromatic carbocycles. The van der Waals surface area contributed by atoms with E-state index in [1.54, 1.807) is 24.3 Å². The lowest BCUT2D eigenvalue weighted by atomic mass is 10.0. The third kappa shape index (κ3) is 1.43. The fourth-order valence-electron chi connectivity index (χ4n) is 1.27. The monoisotopic (exact) mass is 174 g/mol. The van der Waals surface area contributed by atoms with Gasteiger partial charge in [0.2, 0.25) is 0 Å². The zero-order valence-electron chi connectivity index (χ0n) is 6.83. The number of halogens is 1. The van der Waals surface area contributed by atoms with Gasteiger partial charge in [-0.25, -0.2) is 4.39 Å². The highest BCUT2D eigenvalue weighted by atomic mass is 19.1. The molecule has 1 aliphatic carbocycles. The Labute approximate surface area is 75.2 Å². The van der Waals surface area contributed by atoms with Crippen LogP contribution < -0.4 is 0 Å². The molecule has 0 saturated heterocycles. The molecule has 0 heterocycles. The van der Waals surface area contributed by atoms with Crippen molar-refractivity contribution in [1.29, 1.82) is 0 Å². The number of ketones is 1. The summed E-state index contributed by atoms with van der Waals surface area (Å²) < 4.78 is 12.6. The average Bonchev–Trinajstić information content (AvgIpc) is 2.53. The fraction of sp³-hybridized carbons (Fsp3) is 0. The molecule has 1 aromatic rings. The molecule has 2 heteroatoms. The maximum atomic E-state index is 12.6. The number of hydrogen-bond donors (Lipinski definition) is 0. The number of carbonyl (C=O) groups is 1. The maximum absolute atomic E-state index is 12.6. The third-order valence-corrected chi connectivity index (χ3v) is 1.93. The van der Waals surface area contributed by atoms with Gasteiger partial charge in [-0.3, -0.25) is 4.79 Å². The minimum absolute atomic E-state index is 0.0217. The van der Waals surface area contributed by atoms with Gasteiger partial charge in [-0.05, 0) is 23.8 Å². The van der Waals surface area contributed by atoms with E-state index in [1.165, 1.54) is 18.2 Å². The van der Waals surface area contributed by atoms with Gasteiger partial charge in [0.05, 0.1) is 0 Å². The number of rotatable bonds is 1. The molecule has 0 N–H and O–H groups in total. The number of carbonyl (C=O) groups excluding carboxylic acids is 1. The van der Waals surface area contributed by atoms with Crippen molar-refractivity contribution in [3.8, 4) is 0 Å². The van der Waals surface area contributed by atoms with E-state index in [-0.39, 0.29) is 11.6 Å². The second-order valence-corrected chi connectivity index (χ2v) is 2.81. The third-order valence-electron chi connectivity index (χ3n) is 1.93. The Kier molecular flexibility index (Phi) is 1.81. The van der Waals surface area contributed by atoms with E-state index in [0.29, 0.717) is 5.57 Å². The molecule has 0 bridgehead atoms. The molecule has 0 fully saturated rings. The summed E-state index contributed by atoms with van der Waals surface area (Å²) in [5.74, 6) is -0.311. The molecule has 0 saturated carbocycles. The largest absolute Gasteiger partial charge is 0.289 e. The summed E-state index contributed by atoms with van der Waals surface area (Å²) in [6.45, 7) is 0. The summed E-state index contributed by atoms with van der Waals surface area (Å²) in [6.07, 6.45) is 4.93. The highest BCUT2D eigenvalue weighted by molar-refractivity contribution is 6.28. The van der Waals surface area contributed by atoms with Crippen molar-refractivity contribution in [1.82, 2.24) is 0 Å². The molecule has 0 aliphatic heterocycles. The van der Waals surface area contributed by atoms with Crippen LogP contribution in [0.4, 0.5) is 4.39 Å². The average molecular weight is 174 g/mol. The Balaban J connectivity index is 2.38. The molecule has 1 aliphatic rings. The topological polar surface area (TPSA) is 17.1 Å². The number of hydrogen-bond acceptors (Lipinski definition) is 1. The van der Waals surface area contributed by atoms with Gasteiger partial charge in [0.15, 0.2) is 5.78 Å². The van der Waals surface area contributed by atoms with Crippen LogP contribution in [0.25, 0.3) is 5.57 Å². The van der Waals surface area contributed by atoms with Crippen molar-refractivity contribution in [2.24, 2.45) is 0 Å². The summed E-state index contributed by atoms with van der Waals surface area (Å²) in [6, 6.07) is 5.90. The lowest BCUT2D eigenvalue weighted by Crippen LogP contribution is -1.93. The van der Waals surface area contributed by atoms with Crippen LogP contribution in [0.5, 0.6) is 0 Å². The van der Waals surface area contributed by atoms with Crippen molar-refractivity contribution in [3.63, 3.8) is 0 Å². The van der Waals surface area contributed by atoms with Gasteiger partial charge in [-0.2, -0.15) is 0 Å². The van der Waals surface area contributed by atoms with Crippen LogP contribution in [0.15, 0.2) is 42.5 Å². The van der Waals surface area contributed by atoms with Crippen molar-refractivity contribution < 1.29 is 9.18 Å². The van der Waals surface area contributed by atoms with E-state index in [2.05, 4.69) is 0 Å². The molecule has 0 atom stereocenters. The molecule has 0 aromatic heterocycles. The second-order valence-electron chi connectivity index (χ2n) is 2.81. The van der Waals surface area contributed by atoms with Crippen molar-refractivity contribution in [2.75, 3.05) is 0 Å². The van der Waals surface area contributed by atoms with E-state index in [1.807, 2.05) is 0 Å². The summed E-state index contributed by atoms with van der Waals surface area (Å²) in [4.78, 5) is 11.2. The molecule has 13 heavy (non-hydrogen) atoms. The zero-order valence-corrected chi connectivity index (χ0v) is 6.83. The molecule has 0 unspecified atom stereocenters. The lowest BCUT2D eigenvalue weighted by Gasteiger charge is -1.99. The Morgan fingerprint density at radius 2 is 1.77 bits per heavy atom. The predicted molar refractivity (Wildman–Crippen MR) is 48.5 cm³/mol. The summed E-state index contributed by atoms with van der Waals surface area (Å²) >= 11 is 0. The predicted octanol–water partition coefficient (Wildman–Crippen LogP) is 2.35. The van der Waals surface area contributed by atoms with Crippen molar-refractivity contribution >= 4 is 11.4 Å². The summed E-state index contributed by atoms with van der Waals surface area (Å²) in [7, 11) is 0. The maximum Gasteiger partial charge on any atom is 0.186 e. The second kappa shape index (κ2) is 2.98. The quantitative estimate of drug-likeness (QED) is 0.638.